The lowest BCUT2D eigenvalue weighted by Crippen LogP contribution is -2.53. The SMILES string of the molecule is CCN(Cc1ccccc1C)C(=O)C1CCCCC1(C)N.Cl. The molecule has 1 aromatic rings. The van der Waals surface area contributed by atoms with Gasteiger partial charge in [0, 0.05) is 18.6 Å². The quantitative estimate of drug-likeness (QED) is 0.918. The van der Waals surface area contributed by atoms with Gasteiger partial charge >= 0.3 is 0 Å². The highest BCUT2D eigenvalue weighted by atomic mass is 35.5. The van der Waals surface area contributed by atoms with Crippen LogP contribution in [0.2, 0.25) is 0 Å². The molecule has 0 aromatic heterocycles. The fraction of sp³-hybridized carbons (Fsp3) is 0.611. The van der Waals surface area contributed by atoms with E-state index in [-0.39, 0.29) is 29.8 Å². The maximum absolute atomic E-state index is 12.9. The number of rotatable bonds is 4. The molecule has 0 saturated heterocycles. The van der Waals surface area contributed by atoms with Crippen molar-refractivity contribution in [3.63, 3.8) is 0 Å². The minimum Gasteiger partial charge on any atom is -0.338 e. The molecule has 0 aliphatic heterocycles. The minimum absolute atomic E-state index is 0. The maximum Gasteiger partial charge on any atom is 0.227 e. The summed E-state index contributed by atoms with van der Waals surface area (Å²) in [5.74, 6) is 0.195. The molecule has 1 aromatic carbocycles. The van der Waals surface area contributed by atoms with Crippen LogP contribution in [0.5, 0.6) is 0 Å². The summed E-state index contributed by atoms with van der Waals surface area (Å²) in [4.78, 5) is 14.9. The predicted molar refractivity (Wildman–Crippen MR) is 94.1 cm³/mol. The van der Waals surface area contributed by atoms with Crippen molar-refractivity contribution in [2.45, 2.75) is 58.5 Å². The van der Waals surface area contributed by atoms with Gasteiger partial charge in [-0.25, -0.2) is 0 Å². The summed E-state index contributed by atoms with van der Waals surface area (Å²) in [6.45, 7) is 7.61. The van der Waals surface area contributed by atoms with Gasteiger partial charge in [0.15, 0.2) is 0 Å². The van der Waals surface area contributed by atoms with Crippen molar-refractivity contribution in [2.75, 3.05) is 6.54 Å². The third kappa shape index (κ3) is 4.23. The lowest BCUT2D eigenvalue weighted by atomic mass is 9.74. The number of nitrogens with zero attached hydrogens (tertiary/aromatic N) is 1. The van der Waals surface area contributed by atoms with E-state index in [1.807, 2.05) is 30.9 Å². The van der Waals surface area contributed by atoms with Crippen LogP contribution < -0.4 is 5.73 Å². The summed E-state index contributed by atoms with van der Waals surface area (Å²) in [5.41, 5.74) is 8.50. The number of halogens is 1. The normalized spacial score (nSPS) is 24.5. The van der Waals surface area contributed by atoms with Gasteiger partial charge in [-0.15, -0.1) is 12.4 Å². The van der Waals surface area contributed by atoms with E-state index >= 15 is 0 Å². The van der Waals surface area contributed by atoms with Gasteiger partial charge in [0.05, 0.1) is 5.92 Å². The van der Waals surface area contributed by atoms with Gasteiger partial charge in [-0.05, 0) is 44.7 Å². The summed E-state index contributed by atoms with van der Waals surface area (Å²) in [5, 5.41) is 0. The van der Waals surface area contributed by atoms with Crippen molar-refractivity contribution in [3.8, 4) is 0 Å². The van der Waals surface area contributed by atoms with Crippen LogP contribution in [0.4, 0.5) is 0 Å². The van der Waals surface area contributed by atoms with Crippen molar-refractivity contribution in [3.05, 3.63) is 35.4 Å². The van der Waals surface area contributed by atoms with E-state index < -0.39 is 0 Å². The van der Waals surface area contributed by atoms with Crippen LogP contribution in [0.25, 0.3) is 0 Å². The van der Waals surface area contributed by atoms with Gasteiger partial charge in [-0.3, -0.25) is 4.79 Å². The molecule has 2 N–H and O–H groups in total. The molecule has 1 fully saturated rings. The van der Waals surface area contributed by atoms with Gasteiger partial charge in [0.25, 0.3) is 0 Å². The Morgan fingerprint density at radius 1 is 1.36 bits per heavy atom. The highest BCUT2D eigenvalue weighted by molar-refractivity contribution is 5.85. The number of nitrogens with two attached hydrogens (primary N) is 1. The zero-order valence-corrected chi connectivity index (χ0v) is 14.8. The predicted octanol–water partition coefficient (Wildman–Crippen LogP) is 3.67. The van der Waals surface area contributed by atoms with Crippen LogP contribution in [0.1, 0.15) is 50.7 Å². The molecular weight excluding hydrogens is 296 g/mol. The van der Waals surface area contributed by atoms with Gasteiger partial charge in [-0.1, -0.05) is 37.1 Å². The molecule has 1 amide bonds. The van der Waals surface area contributed by atoms with Gasteiger partial charge in [0.2, 0.25) is 5.91 Å². The largest absolute Gasteiger partial charge is 0.338 e. The number of hydrogen-bond donors (Lipinski definition) is 1. The van der Waals surface area contributed by atoms with Crippen molar-refractivity contribution < 1.29 is 4.79 Å². The molecule has 4 heteroatoms. The molecule has 0 bridgehead atoms. The lowest BCUT2D eigenvalue weighted by Gasteiger charge is -2.40. The first-order chi connectivity index (χ1) is 9.95. The summed E-state index contributed by atoms with van der Waals surface area (Å²) >= 11 is 0. The highest BCUT2D eigenvalue weighted by Gasteiger charge is 2.39. The Labute approximate surface area is 140 Å². The molecule has 22 heavy (non-hydrogen) atoms. The second-order valence-corrected chi connectivity index (χ2v) is 6.58. The summed E-state index contributed by atoms with van der Waals surface area (Å²) in [7, 11) is 0. The molecule has 1 aliphatic rings. The first kappa shape index (κ1) is 19.0. The standard InChI is InChI=1S/C18H28N2O.ClH/c1-4-20(13-15-10-6-5-9-14(15)2)17(21)16-11-7-8-12-18(16,3)19;/h5-6,9-10,16H,4,7-8,11-13,19H2,1-3H3;1H. The van der Waals surface area contributed by atoms with E-state index in [1.165, 1.54) is 11.1 Å². The molecule has 1 saturated carbocycles. The van der Waals surface area contributed by atoms with E-state index in [9.17, 15) is 4.79 Å². The molecule has 124 valence electrons. The molecule has 0 spiro atoms. The van der Waals surface area contributed by atoms with E-state index in [1.54, 1.807) is 0 Å². The monoisotopic (exact) mass is 324 g/mol. The molecule has 2 atom stereocenters. The average molecular weight is 325 g/mol. The van der Waals surface area contributed by atoms with Crippen LogP contribution in [0.15, 0.2) is 24.3 Å². The van der Waals surface area contributed by atoms with E-state index in [0.29, 0.717) is 6.54 Å². The molecule has 2 unspecified atom stereocenters. The Morgan fingerprint density at radius 3 is 2.64 bits per heavy atom. The topological polar surface area (TPSA) is 46.3 Å². The highest BCUT2D eigenvalue weighted by Crippen LogP contribution is 2.33. The van der Waals surface area contributed by atoms with E-state index in [2.05, 4.69) is 19.1 Å². The van der Waals surface area contributed by atoms with Crippen molar-refractivity contribution >= 4 is 18.3 Å². The third-order valence-corrected chi connectivity index (χ3v) is 4.87. The Balaban J connectivity index is 0.00000242. The first-order valence-electron chi connectivity index (χ1n) is 8.08. The number of carbonyl (C=O) groups is 1. The Kier molecular flexibility index (Phi) is 6.89. The van der Waals surface area contributed by atoms with Crippen LogP contribution in [-0.4, -0.2) is 22.9 Å². The second kappa shape index (κ2) is 7.98. The van der Waals surface area contributed by atoms with E-state index in [0.717, 1.165) is 32.2 Å². The fourth-order valence-corrected chi connectivity index (χ4v) is 3.32. The fourth-order valence-electron chi connectivity index (χ4n) is 3.32. The molecular formula is C18H29ClN2O. The molecule has 2 rings (SSSR count). The summed E-state index contributed by atoms with van der Waals surface area (Å²) in [6.07, 6.45) is 4.13. The van der Waals surface area contributed by atoms with Gasteiger partial charge in [0.1, 0.15) is 0 Å². The van der Waals surface area contributed by atoms with Crippen LogP contribution in [0, 0.1) is 12.8 Å². The van der Waals surface area contributed by atoms with E-state index in [4.69, 9.17) is 5.73 Å². The Hall–Kier alpha value is -1.06. The Morgan fingerprint density at radius 2 is 2.05 bits per heavy atom. The molecule has 0 radical (unpaired) electrons. The lowest BCUT2D eigenvalue weighted by molar-refractivity contribution is -0.139. The number of carbonyl (C=O) groups excluding carboxylic acids is 1. The molecule has 0 heterocycles. The molecule has 3 nitrogen and oxygen atoms in total. The smallest absolute Gasteiger partial charge is 0.227 e. The minimum atomic E-state index is -0.353. The van der Waals surface area contributed by atoms with Crippen molar-refractivity contribution in [2.24, 2.45) is 11.7 Å². The summed E-state index contributed by atoms with van der Waals surface area (Å²) < 4.78 is 0. The number of hydrogen-bond acceptors (Lipinski definition) is 2. The van der Waals surface area contributed by atoms with Crippen LogP contribution >= 0.6 is 12.4 Å². The third-order valence-electron chi connectivity index (χ3n) is 4.87. The zero-order chi connectivity index (χ0) is 15.5. The van der Waals surface area contributed by atoms with Crippen LogP contribution in [-0.2, 0) is 11.3 Å². The van der Waals surface area contributed by atoms with Crippen molar-refractivity contribution in [1.29, 1.82) is 0 Å². The zero-order valence-electron chi connectivity index (χ0n) is 14.0. The number of aryl methyl sites for hydroxylation is 1. The number of benzene rings is 1. The molecule has 1 aliphatic carbocycles. The van der Waals surface area contributed by atoms with Gasteiger partial charge < -0.3 is 10.6 Å². The second-order valence-electron chi connectivity index (χ2n) is 6.58. The first-order valence-corrected chi connectivity index (χ1v) is 8.08. The van der Waals surface area contributed by atoms with Crippen LogP contribution in [0.3, 0.4) is 0 Å². The average Bonchev–Trinajstić information content (AvgIpc) is 2.45. The van der Waals surface area contributed by atoms with Gasteiger partial charge in [-0.2, -0.15) is 0 Å². The maximum atomic E-state index is 12.9. The Bertz CT molecular complexity index is 502. The van der Waals surface area contributed by atoms with Crippen molar-refractivity contribution in [1.82, 2.24) is 4.90 Å². The number of amides is 1. The summed E-state index contributed by atoms with van der Waals surface area (Å²) in [6, 6.07) is 8.28.